The first-order valence-electron chi connectivity index (χ1n) is 9.51. The lowest BCUT2D eigenvalue weighted by Crippen LogP contribution is -2.52. The van der Waals surface area contributed by atoms with Crippen LogP contribution in [0.3, 0.4) is 0 Å². The number of hydrogen-bond acceptors (Lipinski definition) is 6. The van der Waals surface area contributed by atoms with Gasteiger partial charge >= 0.3 is 0 Å². The number of ether oxygens (including phenoxy) is 1. The maximum atomic E-state index is 14.6. The molecule has 0 aliphatic carbocycles. The monoisotopic (exact) mass is 371 g/mol. The molecule has 3 N–H and O–H groups in total. The molecule has 3 aliphatic heterocycles. The largest absolute Gasteiger partial charge is 0.489 e. The molecule has 3 aliphatic rings. The van der Waals surface area contributed by atoms with E-state index >= 15 is 0 Å². The quantitative estimate of drug-likeness (QED) is 0.842. The number of nitrogen functional groups attached to an aromatic ring is 1. The van der Waals surface area contributed by atoms with Gasteiger partial charge in [0.05, 0.1) is 11.4 Å². The lowest BCUT2D eigenvalue weighted by atomic mass is 9.86. The Hall–Kier alpha value is -2.41. The number of rotatable bonds is 5. The highest BCUT2D eigenvalue weighted by Crippen LogP contribution is 2.31. The summed E-state index contributed by atoms with van der Waals surface area (Å²) < 4.78 is 20.7. The highest BCUT2D eigenvalue weighted by Gasteiger charge is 2.35. The Morgan fingerprint density at radius 3 is 2.70 bits per heavy atom. The van der Waals surface area contributed by atoms with E-state index in [4.69, 9.17) is 10.5 Å². The minimum Gasteiger partial charge on any atom is -0.489 e. The molecule has 1 aromatic heterocycles. The van der Waals surface area contributed by atoms with E-state index in [1.165, 1.54) is 18.9 Å². The summed E-state index contributed by atoms with van der Waals surface area (Å²) in [5, 5.41) is 3.11. The SMILES string of the molecule is Cc1nc(C)c(N)c(NCc2ccc(O[C@@H]3CN4CCC3CC4)cc2F)n1. The van der Waals surface area contributed by atoms with E-state index in [1.54, 1.807) is 13.0 Å². The Kier molecular flexibility index (Phi) is 4.86. The van der Waals surface area contributed by atoms with E-state index in [9.17, 15) is 4.39 Å². The van der Waals surface area contributed by atoms with Crippen LogP contribution in [0.5, 0.6) is 5.75 Å². The van der Waals surface area contributed by atoms with E-state index < -0.39 is 0 Å². The standard InChI is InChI=1S/C20H26FN5O/c1-12-19(22)20(25-13(2)24-12)23-10-15-3-4-16(9-17(15)21)27-18-11-26-7-5-14(18)6-8-26/h3-4,9,14,18H,5-8,10-11,22H2,1-2H3,(H,23,24,25)/t18-/m1/s1. The average Bonchev–Trinajstić information content (AvgIpc) is 2.65. The number of nitrogens with zero attached hydrogens (tertiary/aromatic N) is 3. The van der Waals surface area contributed by atoms with Crippen LogP contribution >= 0.6 is 0 Å². The van der Waals surface area contributed by atoms with E-state index in [0.717, 1.165) is 19.6 Å². The van der Waals surface area contributed by atoms with Gasteiger partial charge in [-0.1, -0.05) is 6.07 Å². The van der Waals surface area contributed by atoms with Crippen LogP contribution in [0.25, 0.3) is 0 Å². The minimum absolute atomic E-state index is 0.169. The van der Waals surface area contributed by atoms with Crippen molar-refractivity contribution in [2.75, 3.05) is 30.7 Å². The summed E-state index contributed by atoms with van der Waals surface area (Å²) in [5.74, 6) is 2.06. The Balaban J connectivity index is 1.42. The maximum absolute atomic E-state index is 14.6. The molecule has 0 spiro atoms. The summed E-state index contributed by atoms with van der Waals surface area (Å²) in [7, 11) is 0. The molecule has 1 atom stereocenters. The predicted octanol–water partition coefficient (Wildman–Crippen LogP) is 2.90. The van der Waals surface area contributed by atoms with Crippen molar-refractivity contribution in [3.8, 4) is 5.75 Å². The molecule has 4 heterocycles. The van der Waals surface area contributed by atoms with Crippen molar-refractivity contribution in [1.29, 1.82) is 0 Å². The van der Waals surface area contributed by atoms with Crippen LogP contribution in [0.1, 0.15) is 29.9 Å². The second kappa shape index (κ2) is 7.31. The fraction of sp³-hybridized carbons (Fsp3) is 0.500. The van der Waals surface area contributed by atoms with Gasteiger partial charge in [-0.15, -0.1) is 0 Å². The average molecular weight is 371 g/mol. The Labute approximate surface area is 158 Å². The third kappa shape index (κ3) is 3.83. The Morgan fingerprint density at radius 1 is 1.26 bits per heavy atom. The summed E-state index contributed by atoms with van der Waals surface area (Å²) in [4.78, 5) is 10.9. The van der Waals surface area contributed by atoms with Crippen LogP contribution in [0.4, 0.5) is 15.9 Å². The van der Waals surface area contributed by atoms with Crippen LogP contribution in [-0.2, 0) is 6.54 Å². The minimum atomic E-state index is -0.289. The van der Waals surface area contributed by atoms with Crippen LogP contribution in [-0.4, -0.2) is 40.6 Å². The molecule has 2 aromatic rings. The molecular weight excluding hydrogens is 345 g/mol. The Morgan fingerprint density at radius 2 is 2.04 bits per heavy atom. The summed E-state index contributed by atoms with van der Waals surface area (Å²) in [6.07, 6.45) is 2.52. The summed E-state index contributed by atoms with van der Waals surface area (Å²) in [6, 6.07) is 5.09. The van der Waals surface area contributed by atoms with Gasteiger partial charge in [0, 0.05) is 24.7 Å². The number of fused-ring (bicyclic) bond motifs is 3. The summed E-state index contributed by atoms with van der Waals surface area (Å²) in [6.45, 7) is 7.20. The maximum Gasteiger partial charge on any atom is 0.153 e. The van der Waals surface area contributed by atoms with E-state index in [0.29, 0.717) is 46.8 Å². The fourth-order valence-electron chi connectivity index (χ4n) is 4.00. The molecule has 3 saturated heterocycles. The topological polar surface area (TPSA) is 76.3 Å². The van der Waals surface area contributed by atoms with Crippen molar-refractivity contribution < 1.29 is 9.13 Å². The molecule has 5 rings (SSSR count). The number of nitrogens with one attached hydrogen (secondary N) is 1. The van der Waals surface area contributed by atoms with E-state index in [-0.39, 0.29) is 11.9 Å². The second-order valence-electron chi connectivity index (χ2n) is 7.52. The number of hydrogen-bond donors (Lipinski definition) is 2. The molecule has 0 saturated carbocycles. The highest BCUT2D eigenvalue weighted by atomic mass is 19.1. The molecule has 6 nitrogen and oxygen atoms in total. The van der Waals surface area contributed by atoms with Crippen LogP contribution in [0.15, 0.2) is 18.2 Å². The van der Waals surface area contributed by atoms with Crippen molar-refractivity contribution in [2.45, 2.75) is 39.3 Å². The van der Waals surface area contributed by atoms with Gasteiger partial charge in [-0.2, -0.15) is 0 Å². The third-order valence-corrected chi connectivity index (χ3v) is 5.60. The van der Waals surface area contributed by atoms with Crippen LogP contribution in [0, 0.1) is 25.6 Å². The van der Waals surface area contributed by atoms with Gasteiger partial charge in [-0.3, -0.25) is 4.90 Å². The van der Waals surface area contributed by atoms with Crippen molar-refractivity contribution in [3.63, 3.8) is 0 Å². The molecule has 3 fully saturated rings. The number of halogens is 1. The molecular formula is C20H26FN5O. The normalized spacial score (nSPS) is 24.0. The lowest BCUT2D eigenvalue weighted by molar-refractivity contribution is -0.00789. The zero-order valence-electron chi connectivity index (χ0n) is 15.8. The zero-order chi connectivity index (χ0) is 19.0. The zero-order valence-corrected chi connectivity index (χ0v) is 15.8. The first kappa shape index (κ1) is 18.0. The van der Waals surface area contributed by atoms with Gasteiger partial charge in [0.25, 0.3) is 0 Å². The van der Waals surface area contributed by atoms with Crippen LogP contribution < -0.4 is 15.8 Å². The van der Waals surface area contributed by atoms with Crippen molar-refractivity contribution >= 4 is 11.5 Å². The number of piperidine rings is 3. The predicted molar refractivity (Wildman–Crippen MR) is 103 cm³/mol. The van der Waals surface area contributed by atoms with Gasteiger partial charge < -0.3 is 15.8 Å². The summed E-state index contributed by atoms with van der Waals surface area (Å²) >= 11 is 0. The van der Waals surface area contributed by atoms with E-state index in [2.05, 4.69) is 20.2 Å². The van der Waals surface area contributed by atoms with Crippen molar-refractivity contribution in [3.05, 3.63) is 41.1 Å². The second-order valence-corrected chi connectivity index (χ2v) is 7.52. The molecule has 0 unspecified atom stereocenters. The number of aromatic nitrogens is 2. The molecule has 0 radical (unpaired) electrons. The van der Waals surface area contributed by atoms with Crippen molar-refractivity contribution in [2.24, 2.45) is 5.92 Å². The number of benzene rings is 1. The number of aryl methyl sites for hydroxylation is 2. The number of nitrogens with two attached hydrogens (primary N) is 1. The van der Waals surface area contributed by atoms with Gasteiger partial charge in [-0.05, 0) is 51.8 Å². The lowest BCUT2D eigenvalue weighted by Gasteiger charge is -2.44. The fourth-order valence-corrected chi connectivity index (χ4v) is 4.00. The van der Waals surface area contributed by atoms with Gasteiger partial charge in [0.2, 0.25) is 0 Å². The van der Waals surface area contributed by atoms with Crippen molar-refractivity contribution in [1.82, 2.24) is 14.9 Å². The Bertz CT molecular complexity index is 835. The molecule has 7 heteroatoms. The third-order valence-electron chi connectivity index (χ3n) is 5.60. The highest BCUT2D eigenvalue weighted by molar-refractivity contribution is 5.63. The summed E-state index contributed by atoms with van der Waals surface area (Å²) in [5.41, 5.74) is 7.76. The molecule has 0 amide bonds. The molecule has 27 heavy (non-hydrogen) atoms. The van der Waals surface area contributed by atoms with Gasteiger partial charge in [0.15, 0.2) is 5.82 Å². The molecule has 1 aromatic carbocycles. The molecule has 2 bridgehead atoms. The number of anilines is 2. The first-order valence-corrected chi connectivity index (χ1v) is 9.51. The van der Waals surface area contributed by atoms with Gasteiger partial charge in [0.1, 0.15) is 23.5 Å². The van der Waals surface area contributed by atoms with Gasteiger partial charge in [-0.25, -0.2) is 14.4 Å². The molecule has 144 valence electrons. The smallest absolute Gasteiger partial charge is 0.153 e. The van der Waals surface area contributed by atoms with Crippen LogP contribution in [0.2, 0.25) is 0 Å². The first-order chi connectivity index (χ1) is 13.0. The van der Waals surface area contributed by atoms with E-state index in [1.807, 2.05) is 13.0 Å².